The Hall–Kier alpha value is -1.20. The monoisotopic (exact) mass is 595 g/mol. The number of hydrogen-bond donors (Lipinski definition) is 3. The van der Waals surface area contributed by atoms with Crippen molar-refractivity contribution in [3.05, 3.63) is 23.3 Å². The van der Waals surface area contributed by atoms with Gasteiger partial charge in [0, 0.05) is 12.0 Å². The van der Waals surface area contributed by atoms with Gasteiger partial charge in [0.2, 0.25) is 5.67 Å². The molecule has 43 heavy (non-hydrogen) atoms. The van der Waals surface area contributed by atoms with Gasteiger partial charge in [0.15, 0.2) is 0 Å². The first-order valence-corrected chi connectivity index (χ1v) is 18.1. The number of nitrogens with one attached hydrogen (secondary N) is 1. The van der Waals surface area contributed by atoms with Crippen LogP contribution in [-0.2, 0) is 4.79 Å². The highest BCUT2D eigenvalue weighted by atomic mass is 19.1. The zero-order chi connectivity index (χ0) is 30.5. The van der Waals surface area contributed by atoms with Crippen LogP contribution in [0.2, 0.25) is 0 Å². The molecule has 0 amide bonds. The van der Waals surface area contributed by atoms with Gasteiger partial charge in [-0.1, -0.05) is 46.3 Å². The number of aliphatic carboxylic acids is 1. The molecule has 0 aromatic heterocycles. The smallest absolute Gasteiger partial charge is 0.341 e. The molecule has 0 heterocycles. The van der Waals surface area contributed by atoms with Crippen LogP contribution in [0.4, 0.5) is 4.39 Å². The largest absolute Gasteiger partial charge is 0.479 e. The maximum atomic E-state index is 14.8. The first-order chi connectivity index (χ1) is 20.3. The Morgan fingerprint density at radius 3 is 2.35 bits per heavy atom. The lowest BCUT2D eigenvalue weighted by Crippen LogP contribution is -2.67. The quantitative estimate of drug-likeness (QED) is 0.288. The summed E-state index contributed by atoms with van der Waals surface area (Å²) in [6, 6.07) is 0. The molecule has 0 aromatic rings. The molecule has 0 aromatic carbocycles. The molecule has 0 radical (unpaired) electrons. The lowest BCUT2D eigenvalue weighted by Gasteiger charge is -2.71. The zero-order valence-corrected chi connectivity index (χ0v) is 27.5. The number of alkyl halides is 1. The molecular formula is C38H58FNO3. The van der Waals surface area contributed by atoms with E-state index in [1.54, 1.807) is 0 Å². The van der Waals surface area contributed by atoms with Crippen LogP contribution >= 0.6 is 0 Å². The third-order valence-electron chi connectivity index (χ3n) is 16.1. The topological polar surface area (TPSA) is 69.6 Å². The van der Waals surface area contributed by atoms with Crippen molar-refractivity contribution in [3.63, 3.8) is 0 Å². The molecule has 240 valence electrons. The van der Waals surface area contributed by atoms with Gasteiger partial charge >= 0.3 is 5.97 Å². The van der Waals surface area contributed by atoms with Crippen molar-refractivity contribution >= 4 is 5.97 Å². The van der Waals surface area contributed by atoms with Gasteiger partial charge in [-0.25, -0.2) is 9.18 Å². The molecule has 10 atom stereocenters. The zero-order valence-electron chi connectivity index (χ0n) is 27.5. The van der Waals surface area contributed by atoms with E-state index in [1.807, 2.05) is 6.08 Å². The number of aliphatic hydroxyl groups is 1. The molecule has 5 saturated carbocycles. The minimum Gasteiger partial charge on any atom is -0.479 e. The van der Waals surface area contributed by atoms with E-state index < -0.39 is 17.2 Å². The number of hydrogen-bond acceptors (Lipinski definition) is 3. The summed E-state index contributed by atoms with van der Waals surface area (Å²) >= 11 is 0. The second-order valence-electron chi connectivity index (χ2n) is 17.5. The van der Waals surface area contributed by atoms with Crippen LogP contribution in [0.5, 0.6) is 0 Å². The van der Waals surface area contributed by atoms with Crippen LogP contribution in [0.15, 0.2) is 23.3 Å². The Balaban J connectivity index is 1.11. The maximum Gasteiger partial charge on any atom is 0.341 e. The summed E-state index contributed by atoms with van der Waals surface area (Å²) < 4.78 is 14.8. The van der Waals surface area contributed by atoms with Crippen LogP contribution in [-0.4, -0.2) is 39.5 Å². The van der Waals surface area contributed by atoms with Crippen LogP contribution in [0.25, 0.3) is 0 Å². The molecule has 0 bridgehead atoms. The highest BCUT2D eigenvalue weighted by Gasteiger charge is 2.68. The van der Waals surface area contributed by atoms with Gasteiger partial charge in [-0.05, 0) is 160 Å². The first-order valence-electron chi connectivity index (χ1n) is 18.1. The first kappa shape index (κ1) is 30.5. The summed E-state index contributed by atoms with van der Waals surface area (Å²) in [5.74, 6) is 2.06. The molecule has 7 aliphatic rings. The maximum absolute atomic E-state index is 14.8. The fraction of sp³-hybridized carbons (Fsp3) is 0.868. The summed E-state index contributed by atoms with van der Waals surface area (Å²) in [4.78, 5) is 11.5. The Morgan fingerprint density at radius 2 is 1.67 bits per heavy atom. The summed E-state index contributed by atoms with van der Waals surface area (Å²) in [6.07, 6.45) is 22.2. The standard InChI is InChI=1S/C38H58FNO3/c1-25-27(26-10-19-37(39,20-11-26)32(41)42)12-17-33(2)28(25)13-18-35(4)31(33)9-8-29-30-7-5-16-38(30,22-21-34(29,35)3)40-24-23-36(43)14-6-15-36/h10,12,25,28-31,40,43H,5-9,11,13-24H2,1-4H3,(H,41,42)/t25?,28?,29?,30?,31?,33?,34-,35?,37?,38?/m1/s1. The Labute approximate surface area is 259 Å². The Morgan fingerprint density at radius 1 is 0.884 bits per heavy atom. The summed E-state index contributed by atoms with van der Waals surface area (Å²) in [5, 5.41) is 24.3. The van der Waals surface area contributed by atoms with Gasteiger partial charge in [-0.3, -0.25) is 0 Å². The number of fused-ring (bicyclic) bond motifs is 7. The van der Waals surface area contributed by atoms with Crippen molar-refractivity contribution in [2.45, 2.75) is 154 Å². The van der Waals surface area contributed by atoms with Gasteiger partial charge < -0.3 is 15.5 Å². The number of halogens is 1. The number of carbonyl (C=O) groups is 1. The van der Waals surface area contributed by atoms with E-state index >= 15 is 0 Å². The third-order valence-corrected chi connectivity index (χ3v) is 16.1. The minimum absolute atomic E-state index is 0.00247. The predicted molar refractivity (Wildman–Crippen MR) is 169 cm³/mol. The third kappa shape index (κ3) is 4.35. The molecule has 4 nitrogen and oxygen atoms in total. The Bertz CT molecular complexity index is 1210. The molecule has 0 saturated heterocycles. The molecule has 9 unspecified atom stereocenters. The molecular weight excluding hydrogens is 537 g/mol. The van der Waals surface area contributed by atoms with E-state index in [0.717, 1.165) is 50.0 Å². The van der Waals surface area contributed by atoms with E-state index in [9.17, 15) is 19.4 Å². The minimum atomic E-state index is -2.10. The van der Waals surface area contributed by atoms with Crippen molar-refractivity contribution in [1.29, 1.82) is 0 Å². The number of carboxylic acid groups (broad SMARTS) is 1. The fourth-order valence-corrected chi connectivity index (χ4v) is 13.2. The summed E-state index contributed by atoms with van der Waals surface area (Å²) in [7, 11) is 0. The molecule has 7 rings (SSSR count). The van der Waals surface area contributed by atoms with Crippen molar-refractivity contribution in [1.82, 2.24) is 5.32 Å². The molecule has 7 aliphatic carbocycles. The average Bonchev–Trinajstić information content (AvgIpc) is 3.37. The van der Waals surface area contributed by atoms with E-state index in [0.29, 0.717) is 29.1 Å². The van der Waals surface area contributed by atoms with Crippen LogP contribution in [0.3, 0.4) is 0 Å². The molecule has 5 fully saturated rings. The van der Waals surface area contributed by atoms with Crippen molar-refractivity contribution in [2.24, 2.45) is 45.8 Å². The second kappa shape index (κ2) is 10.1. The normalized spacial score (nSPS) is 50.2. The van der Waals surface area contributed by atoms with Crippen LogP contribution in [0, 0.1) is 45.8 Å². The number of rotatable bonds is 6. The number of carboxylic acids is 1. The highest BCUT2D eigenvalue weighted by Crippen LogP contribution is 2.75. The SMILES string of the molecule is CC1C(C2=CCC(F)(C(=O)O)CC2)=CCC2(C)C1CCC1(C)C2CCC2C3CCCC3(NCCC3(O)CCC3)CC[C@]21C. The van der Waals surface area contributed by atoms with E-state index in [4.69, 9.17) is 0 Å². The van der Waals surface area contributed by atoms with Gasteiger partial charge in [0.25, 0.3) is 0 Å². The molecule has 5 heteroatoms. The van der Waals surface area contributed by atoms with Gasteiger partial charge in [-0.2, -0.15) is 0 Å². The van der Waals surface area contributed by atoms with Gasteiger partial charge in [0.05, 0.1) is 5.60 Å². The van der Waals surface area contributed by atoms with Crippen molar-refractivity contribution < 1.29 is 19.4 Å². The van der Waals surface area contributed by atoms with E-state index in [2.05, 4.69) is 39.1 Å². The molecule has 3 N–H and O–H groups in total. The lowest BCUT2D eigenvalue weighted by molar-refractivity contribution is -0.212. The highest BCUT2D eigenvalue weighted by molar-refractivity contribution is 5.78. The summed E-state index contributed by atoms with van der Waals surface area (Å²) in [6.45, 7) is 11.4. The lowest BCUT2D eigenvalue weighted by atomic mass is 9.34. The van der Waals surface area contributed by atoms with E-state index in [-0.39, 0.29) is 23.8 Å². The second-order valence-corrected chi connectivity index (χ2v) is 17.5. The van der Waals surface area contributed by atoms with Gasteiger partial charge in [0.1, 0.15) is 0 Å². The molecule has 0 aliphatic heterocycles. The predicted octanol–water partition coefficient (Wildman–Crippen LogP) is 8.54. The van der Waals surface area contributed by atoms with E-state index in [1.165, 1.54) is 75.4 Å². The van der Waals surface area contributed by atoms with Gasteiger partial charge in [-0.15, -0.1) is 0 Å². The van der Waals surface area contributed by atoms with Crippen molar-refractivity contribution in [3.8, 4) is 0 Å². The summed E-state index contributed by atoms with van der Waals surface area (Å²) in [5.41, 5.74) is 1.41. The van der Waals surface area contributed by atoms with Crippen LogP contribution in [0.1, 0.15) is 137 Å². The van der Waals surface area contributed by atoms with Crippen molar-refractivity contribution in [2.75, 3.05) is 6.54 Å². The molecule has 0 spiro atoms. The van der Waals surface area contributed by atoms with Crippen LogP contribution < -0.4 is 5.32 Å². The average molecular weight is 596 g/mol. The number of allylic oxidation sites excluding steroid dienone is 4. The Kier molecular flexibility index (Phi) is 7.19. The fourth-order valence-electron chi connectivity index (χ4n) is 13.2.